The second-order valence-corrected chi connectivity index (χ2v) is 9.38. The highest BCUT2D eigenvalue weighted by atomic mass is 35.5. The zero-order chi connectivity index (χ0) is 23.6. The molecule has 1 aliphatic rings. The minimum atomic E-state index is -4.40. The molecule has 0 aliphatic heterocycles. The lowest BCUT2D eigenvalue weighted by Crippen LogP contribution is -2.36. The predicted octanol–water partition coefficient (Wildman–Crippen LogP) is 6.21. The highest BCUT2D eigenvalue weighted by Gasteiger charge is 2.31. The van der Waals surface area contributed by atoms with Crippen LogP contribution in [-0.4, -0.2) is 20.7 Å². The first-order valence-electron chi connectivity index (χ1n) is 10.5. The van der Waals surface area contributed by atoms with Gasteiger partial charge in [-0.3, -0.25) is 9.36 Å². The molecule has 1 heterocycles. The number of benzene rings is 2. The van der Waals surface area contributed by atoms with Crippen LogP contribution in [0.2, 0.25) is 5.02 Å². The van der Waals surface area contributed by atoms with E-state index >= 15 is 0 Å². The number of carbonyl (C=O) groups excluding carboxylic acids is 1. The number of aromatic nitrogens is 3. The van der Waals surface area contributed by atoms with E-state index in [2.05, 4.69) is 15.5 Å². The molecular formula is C23H22ClF3N4OS. The minimum absolute atomic E-state index is 0.00689. The van der Waals surface area contributed by atoms with Crippen LogP contribution in [0.1, 0.15) is 49.2 Å². The first kappa shape index (κ1) is 23.6. The van der Waals surface area contributed by atoms with Crippen LogP contribution < -0.4 is 5.32 Å². The molecule has 3 aromatic rings. The first-order valence-corrected chi connectivity index (χ1v) is 11.9. The van der Waals surface area contributed by atoms with Crippen molar-refractivity contribution in [1.82, 2.24) is 20.1 Å². The van der Waals surface area contributed by atoms with Crippen molar-refractivity contribution in [2.24, 2.45) is 5.92 Å². The summed E-state index contributed by atoms with van der Waals surface area (Å²) in [6.45, 7) is 1.84. The Bertz CT molecular complexity index is 1150. The Balaban J connectivity index is 1.60. The molecule has 1 saturated carbocycles. The van der Waals surface area contributed by atoms with Crippen LogP contribution in [0.15, 0.2) is 53.7 Å². The molecular weight excluding hydrogens is 473 g/mol. The van der Waals surface area contributed by atoms with Crippen molar-refractivity contribution >= 4 is 29.3 Å². The predicted molar refractivity (Wildman–Crippen MR) is 121 cm³/mol. The number of nitrogens with zero attached hydrogens (tertiary/aromatic N) is 3. The lowest BCUT2D eigenvalue weighted by atomic mass is 9.84. The summed E-state index contributed by atoms with van der Waals surface area (Å²) < 4.78 is 41.0. The minimum Gasteiger partial charge on any atom is -0.346 e. The molecule has 0 radical (unpaired) electrons. The van der Waals surface area contributed by atoms with E-state index < -0.39 is 17.8 Å². The Hall–Kier alpha value is -2.52. The molecule has 33 heavy (non-hydrogen) atoms. The number of hydrogen-bond donors (Lipinski definition) is 1. The van der Waals surface area contributed by atoms with E-state index in [1.165, 1.54) is 17.8 Å². The zero-order valence-corrected chi connectivity index (χ0v) is 19.3. The molecule has 4 rings (SSSR count). The van der Waals surface area contributed by atoms with Crippen molar-refractivity contribution < 1.29 is 18.0 Å². The standard InChI is InChI=1S/C23H22ClF3N4OS/c1-14(28-21(32)16-6-3-7-16)20-29-30-22(31(20)19-10-4-9-18(24)12-19)33-13-15-5-2-8-17(11-15)23(25,26)27/h2,4-5,8-12,14,16H,3,6-7,13H2,1H3,(H,28,32). The van der Waals surface area contributed by atoms with E-state index in [-0.39, 0.29) is 17.6 Å². The normalized spacial score (nSPS) is 15.2. The number of alkyl halides is 3. The number of hydrogen-bond acceptors (Lipinski definition) is 4. The molecule has 5 nitrogen and oxygen atoms in total. The van der Waals surface area contributed by atoms with Gasteiger partial charge in [-0.1, -0.05) is 54.0 Å². The maximum Gasteiger partial charge on any atom is 0.416 e. The smallest absolute Gasteiger partial charge is 0.346 e. The van der Waals surface area contributed by atoms with Crippen molar-refractivity contribution in [2.45, 2.75) is 49.3 Å². The SMILES string of the molecule is CC(NC(=O)C1CCC1)c1nnc(SCc2cccc(C(F)(F)F)c2)n1-c1cccc(Cl)c1. The third-order valence-corrected chi connectivity index (χ3v) is 6.80. The molecule has 2 aromatic carbocycles. The summed E-state index contributed by atoms with van der Waals surface area (Å²) >= 11 is 7.46. The number of carbonyl (C=O) groups is 1. The fourth-order valence-corrected chi connectivity index (χ4v) is 4.65. The van der Waals surface area contributed by atoms with Gasteiger partial charge < -0.3 is 5.32 Å². The summed E-state index contributed by atoms with van der Waals surface area (Å²) in [5.74, 6) is 0.819. The van der Waals surface area contributed by atoms with Crippen molar-refractivity contribution in [2.75, 3.05) is 0 Å². The van der Waals surface area contributed by atoms with E-state index in [0.717, 1.165) is 31.4 Å². The summed E-state index contributed by atoms with van der Waals surface area (Å²) in [4.78, 5) is 12.5. The van der Waals surface area contributed by atoms with Crippen molar-refractivity contribution in [3.63, 3.8) is 0 Å². The van der Waals surface area contributed by atoms with Gasteiger partial charge in [-0.2, -0.15) is 13.2 Å². The Morgan fingerprint density at radius 2 is 1.97 bits per heavy atom. The molecule has 1 atom stereocenters. The van der Waals surface area contributed by atoms with Gasteiger partial charge in [0.15, 0.2) is 11.0 Å². The lowest BCUT2D eigenvalue weighted by Gasteiger charge is -2.26. The molecule has 1 aliphatic carbocycles. The third kappa shape index (κ3) is 5.52. The second-order valence-electron chi connectivity index (χ2n) is 8.00. The van der Waals surface area contributed by atoms with Crippen molar-refractivity contribution in [3.05, 3.63) is 70.5 Å². The summed E-state index contributed by atoms with van der Waals surface area (Å²) in [6, 6.07) is 11.9. The van der Waals surface area contributed by atoms with Crippen LogP contribution in [0, 0.1) is 5.92 Å². The van der Waals surface area contributed by atoms with Gasteiger partial charge in [0.1, 0.15) is 0 Å². The molecule has 0 bridgehead atoms. The summed E-state index contributed by atoms with van der Waals surface area (Å²) in [5.41, 5.74) is 0.534. The molecule has 1 amide bonds. The topological polar surface area (TPSA) is 59.8 Å². The number of halogens is 4. The van der Waals surface area contributed by atoms with Crippen LogP contribution >= 0.6 is 23.4 Å². The molecule has 1 unspecified atom stereocenters. The highest BCUT2D eigenvalue weighted by Crippen LogP contribution is 2.33. The molecule has 10 heteroatoms. The average Bonchev–Trinajstić information content (AvgIpc) is 3.14. The monoisotopic (exact) mass is 494 g/mol. The third-order valence-electron chi connectivity index (χ3n) is 5.57. The van der Waals surface area contributed by atoms with E-state index in [0.29, 0.717) is 27.3 Å². The largest absolute Gasteiger partial charge is 0.416 e. The van der Waals surface area contributed by atoms with Crippen LogP contribution in [-0.2, 0) is 16.7 Å². The lowest BCUT2D eigenvalue weighted by molar-refractivity contribution is -0.137. The second kappa shape index (κ2) is 9.77. The van der Waals surface area contributed by atoms with Crippen LogP contribution in [0.25, 0.3) is 5.69 Å². The first-order chi connectivity index (χ1) is 15.7. The highest BCUT2D eigenvalue weighted by molar-refractivity contribution is 7.98. The Morgan fingerprint density at radius 1 is 1.21 bits per heavy atom. The molecule has 0 saturated heterocycles. The van der Waals surface area contributed by atoms with Crippen LogP contribution in [0.5, 0.6) is 0 Å². The van der Waals surface area contributed by atoms with Crippen molar-refractivity contribution in [1.29, 1.82) is 0 Å². The zero-order valence-electron chi connectivity index (χ0n) is 17.8. The number of thioether (sulfide) groups is 1. The Morgan fingerprint density at radius 3 is 2.64 bits per heavy atom. The summed E-state index contributed by atoms with van der Waals surface area (Å²) in [6.07, 6.45) is -1.57. The summed E-state index contributed by atoms with van der Waals surface area (Å²) in [5, 5.41) is 12.6. The molecule has 0 spiro atoms. The van der Waals surface area contributed by atoms with Gasteiger partial charge in [0.2, 0.25) is 5.91 Å². The maximum atomic E-state index is 13.1. The van der Waals surface area contributed by atoms with Gasteiger partial charge in [0.05, 0.1) is 17.3 Å². The van der Waals surface area contributed by atoms with Gasteiger partial charge in [0, 0.05) is 16.7 Å². The average molecular weight is 495 g/mol. The maximum absolute atomic E-state index is 13.1. The van der Waals surface area contributed by atoms with E-state index in [1.54, 1.807) is 28.8 Å². The van der Waals surface area contributed by atoms with Gasteiger partial charge in [-0.25, -0.2) is 0 Å². The van der Waals surface area contributed by atoms with Gasteiger partial charge >= 0.3 is 6.18 Å². The fraction of sp³-hybridized carbons (Fsp3) is 0.348. The fourth-order valence-electron chi connectivity index (χ4n) is 3.56. The number of amides is 1. The van der Waals surface area contributed by atoms with Gasteiger partial charge in [0.25, 0.3) is 0 Å². The van der Waals surface area contributed by atoms with Crippen molar-refractivity contribution in [3.8, 4) is 5.69 Å². The molecule has 174 valence electrons. The Kier molecular flexibility index (Phi) is 6.99. The quantitative estimate of drug-likeness (QED) is 0.397. The van der Waals surface area contributed by atoms with Crippen LogP contribution in [0.4, 0.5) is 13.2 Å². The van der Waals surface area contributed by atoms with E-state index in [9.17, 15) is 18.0 Å². The summed E-state index contributed by atoms with van der Waals surface area (Å²) in [7, 11) is 0. The number of nitrogens with one attached hydrogen (secondary N) is 1. The van der Waals surface area contributed by atoms with Gasteiger partial charge in [-0.15, -0.1) is 10.2 Å². The van der Waals surface area contributed by atoms with Gasteiger partial charge in [-0.05, 0) is 49.6 Å². The van der Waals surface area contributed by atoms with Crippen LogP contribution in [0.3, 0.4) is 0 Å². The number of rotatable bonds is 7. The Labute approximate surface area is 198 Å². The van der Waals surface area contributed by atoms with E-state index in [4.69, 9.17) is 11.6 Å². The molecule has 1 N–H and O–H groups in total. The molecule has 1 fully saturated rings. The van der Waals surface area contributed by atoms with E-state index in [1.807, 2.05) is 13.0 Å². The molecule has 1 aromatic heterocycles.